The molecule has 3 N–H and O–H groups in total. The molecule has 0 unspecified atom stereocenters. The van der Waals surface area contributed by atoms with Gasteiger partial charge in [-0.1, -0.05) is 0 Å². The fourth-order valence-electron chi connectivity index (χ4n) is 1.61. The molecule has 0 aliphatic carbocycles. The molecule has 0 spiro atoms. The third kappa shape index (κ3) is 2.73. The highest BCUT2D eigenvalue weighted by Crippen LogP contribution is 2.20. The Morgan fingerprint density at radius 1 is 1.32 bits per heavy atom. The minimum atomic E-state index is -3.73. The molecule has 0 fully saturated rings. The maximum absolute atomic E-state index is 11.8. The van der Waals surface area contributed by atoms with Crippen molar-refractivity contribution in [1.82, 2.24) is 0 Å². The van der Waals surface area contributed by atoms with E-state index in [0.717, 1.165) is 0 Å². The standard InChI is InChI=1S/C11H11ClN2O4S/c12-3-4-19(16,17)10-5-7-1-2-8(14-13)6-9(7)18-11(10)15/h1-2,5-6,14H,3-4,13H2. The summed E-state index contributed by atoms with van der Waals surface area (Å²) in [6, 6.07) is 6.03. The number of anilines is 1. The van der Waals surface area contributed by atoms with E-state index >= 15 is 0 Å². The number of hydrogen-bond donors (Lipinski definition) is 2. The lowest BCUT2D eigenvalue weighted by Gasteiger charge is -2.04. The zero-order valence-corrected chi connectivity index (χ0v) is 11.3. The van der Waals surface area contributed by atoms with E-state index in [4.69, 9.17) is 21.9 Å². The van der Waals surface area contributed by atoms with Crippen molar-refractivity contribution in [1.29, 1.82) is 0 Å². The van der Waals surface area contributed by atoms with Crippen molar-refractivity contribution >= 4 is 38.1 Å². The molecule has 0 saturated carbocycles. The van der Waals surface area contributed by atoms with Gasteiger partial charge in [-0.3, -0.25) is 5.84 Å². The number of benzene rings is 1. The summed E-state index contributed by atoms with van der Waals surface area (Å²) in [5.41, 5.74) is 2.30. The maximum atomic E-state index is 11.8. The monoisotopic (exact) mass is 302 g/mol. The Morgan fingerprint density at radius 3 is 2.68 bits per heavy atom. The smallest absolute Gasteiger partial charge is 0.355 e. The zero-order valence-electron chi connectivity index (χ0n) is 9.72. The first-order valence-electron chi connectivity index (χ1n) is 5.31. The van der Waals surface area contributed by atoms with Crippen LogP contribution in [0.15, 0.2) is 38.4 Å². The van der Waals surface area contributed by atoms with Gasteiger partial charge in [0.25, 0.3) is 0 Å². The molecule has 102 valence electrons. The number of nitrogens with one attached hydrogen (secondary N) is 1. The third-order valence-electron chi connectivity index (χ3n) is 2.55. The van der Waals surface area contributed by atoms with E-state index in [-0.39, 0.29) is 22.1 Å². The molecule has 0 aliphatic rings. The number of sulfone groups is 1. The van der Waals surface area contributed by atoms with Gasteiger partial charge in [0, 0.05) is 17.3 Å². The predicted molar refractivity (Wildman–Crippen MR) is 73.1 cm³/mol. The van der Waals surface area contributed by atoms with Crippen molar-refractivity contribution < 1.29 is 12.8 Å². The van der Waals surface area contributed by atoms with E-state index in [9.17, 15) is 13.2 Å². The average Bonchev–Trinajstić information content (AvgIpc) is 2.36. The Hall–Kier alpha value is -1.57. The number of hydrazine groups is 1. The minimum Gasteiger partial charge on any atom is -0.422 e. The summed E-state index contributed by atoms with van der Waals surface area (Å²) in [6.45, 7) is 0. The largest absolute Gasteiger partial charge is 0.422 e. The molecule has 19 heavy (non-hydrogen) atoms. The van der Waals surface area contributed by atoms with Crippen LogP contribution in [-0.2, 0) is 9.84 Å². The van der Waals surface area contributed by atoms with E-state index in [1.54, 1.807) is 12.1 Å². The number of fused-ring (bicyclic) bond motifs is 1. The molecule has 0 aliphatic heterocycles. The normalized spacial score (nSPS) is 11.7. The van der Waals surface area contributed by atoms with Crippen LogP contribution in [0.1, 0.15) is 0 Å². The van der Waals surface area contributed by atoms with Crippen LogP contribution in [0.4, 0.5) is 5.69 Å². The van der Waals surface area contributed by atoms with Crippen molar-refractivity contribution in [3.63, 3.8) is 0 Å². The van der Waals surface area contributed by atoms with Crippen molar-refractivity contribution in [3.05, 3.63) is 34.7 Å². The summed E-state index contributed by atoms with van der Waals surface area (Å²) in [5, 5.41) is 0.492. The van der Waals surface area contributed by atoms with Crippen LogP contribution in [0.5, 0.6) is 0 Å². The van der Waals surface area contributed by atoms with Crippen LogP contribution in [0, 0.1) is 0 Å². The van der Waals surface area contributed by atoms with Crippen LogP contribution in [0.25, 0.3) is 11.0 Å². The summed E-state index contributed by atoms with van der Waals surface area (Å²) in [7, 11) is -3.73. The van der Waals surface area contributed by atoms with Crippen molar-refractivity contribution in [3.8, 4) is 0 Å². The van der Waals surface area contributed by atoms with Gasteiger partial charge in [0.15, 0.2) is 14.7 Å². The second-order valence-electron chi connectivity index (χ2n) is 3.80. The van der Waals surface area contributed by atoms with Crippen LogP contribution in [-0.4, -0.2) is 20.1 Å². The second kappa shape index (κ2) is 5.20. The fraction of sp³-hybridized carbons (Fsp3) is 0.182. The molecule has 2 aromatic rings. The van der Waals surface area contributed by atoms with Crippen LogP contribution >= 0.6 is 11.6 Å². The van der Waals surface area contributed by atoms with Crippen LogP contribution < -0.4 is 16.9 Å². The Bertz CT molecular complexity index is 770. The first-order chi connectivity index (χ1) is 8.97. The van der Waals surface area contributed by atoms with E-state index < -0.39 is 15.5 Å². The minimum absolute atomic E-state index is 0.0875. The highest BCUT2D eigenvalue weighted by molar-refractivity contribution is 7.91. The Kier molecular flexibility index (Phi) is 3.79. The number of alkyl halides is 1. The number of halogens is 1. The summed E-state index contributed by atoms with van der Waals surface area (Å²) < 4.78 is 28.7. The highest BCUT2D eigenvalue weighted by atomic mass is 35.5. The van der Waals surface area contributed by atoms with Crippen molar-refractivity contribution in [2.24, 2.45) is 5.84 Å². The van der Waals surface area contributed by atoms with Crippen LogP contribution in [0.3, 0.4) is 0 Å². The molecule has 0 saturated heterocycles. The van der Waals surface area contributed by atoms with Gasteiger partial charge in [-0.05, 0) is 18.2 Å². The van der Waals surface area contributed by atoms with Gasteiger partial charge < -0.3 is 9.84 Å². The molecule has 1 heterocycles. The first kappa shape index (κ1) is 13.9. The number of hydrogen-bond acceptors (Lipinski definition) is 6. The van der Waals surface area contributed by atoms with Crippen molar-refractivity contribution in [2.75, 3.05) is 17.1 Å². The summed E-state index contributed by atoms with van der Waals surface area (Å²) in [6.07, 6.45) is 0. The molecular formula is C11H11ClN2O4S. The van der Waals surface area contributed by atoms with Gasteiger partial charge in [0.2, 0.25) is 0 Å². The summed E-state index contributed by atoms with van der Waals surface area (Å²) in [4.78, 5) is 11.3. The average molecular weight is 303 g/mol. The molecule has 0 amide bonds. The highest BCUT2D eigenvalue weighted by Gasteiger charge is 2.20. The number of nitrogen functional groups attached to an aromatic ring is 1. The molecule has 6 nitrogen and oxygen atoms in total. The molecule has 0 atom stereocenters. The lowest BCUT2D eigenvalue weighted by molar-refractivity contribution is 0.533. The van der Waals surface area contributed by atoms with Gasteiger partial charge in [0.05, 0.1) is 11.4 Å². The Labute approximate surface area is 114 Å². The third-order valence-corrected chi connectivity index (χ3v) is 4.66. The van der Waals surface area contributed by atoms with E-state index in [0.29, 0.717) is 11.1 Å². The Morgan fingerprint density at radius 2 is 2.05 bits per heavy atom. The molecule has 1 aromatic heterocycles. The molecule has 8 heteroatoms. The summed E-state index contributed by atoms with van der Waals surface area (Å²) >= 11 is 5.41. The fourth-order valence-corrected chi connectivity index (χ4v) is 3.24. The van der Waals surface area contributed by atoms with Gasteiger partial charge >= 0.3 is 5.63 Å². The van der Waals surface area contributed by atoms with E-state index in [1.165, 1.54) is 12.1 Å². The first-order valence-corrected chi connectivity index (χ1v) is 7.50. The molecule has 1 aromatic carbocycles. The number of rotatable bonds is 4. The predicted octanol–water partition coefficient (Wildman–Crippen LogP) is 1.09. The second-order valence-corrected chi connectivity index (χ2v) is 6.26. The Balaban J connectivity index is 2.67. The lowest BCUT2D eigenvalue weighted by atomic mass is 10.2. The van der Waals surface area contributed by atoms with Gasteiger partial charge in [-0.2, -0.15) is 0 Å². The number of nitrogens with two attached hydrogens (primary N) is 1. The van der Waals surface area contributed by atoms with Gasteiger partial charge in [-0.15, -0.1) is 11.6 Å². The quantitative estimate of drug-likeness (QED) is 0.379. The van der Waals surface area contributed by atoms with Crippen LogP contribution in [0.2, 0.25) is 0 Å². The summed E-state index contributed by atoms with van der Waals surface area (Å²) in [5.74, 6) is 4.84. The van der Waals surface area contributed by atoms with E-state index in [2.05, 4.69) is 5.43 Å². The van der Waals surface area contributed by atoms with Gasteiger partial charge in [-0.25, -0.2) is 13.2 Å². The topological polar surface area (TPSA) is 102 Å². The zero-order chi connectivity index (χ0) is 14.0. The SMILES string of the molecule is NNc1ccc2cc(S(=O)(=O)CCCl)c(=O)oc2c1. The molecule has 0 radical (unpaired) electrons. The lowest BCUT2D eigenvalue weighted by Crippen LogP contribution is -2.17. The van der Waals surface area contributed by atoms with Gasteiger partial charge in [0.1, 0.15) is 5.58 Å². The van der Waals surface area contributed by atoms with E-state index in [1.807, 2.05) is 0 Å². The van der Waals surface area contributed by atoms with Crippen molar-refractivity contribution in [2.45, 2.75) is 4.90 Å². The maximum Gasteiger partial charge on any atom is 0.355 e. The molecule has 2 rings (SSSR count). The molecule has 0 bridgehead atoms. The molecular weight excluding hydrogens is 292 g/mol.